The molecule has 0 saturated carbocycles. The molecule has 1 heterocycles. The average molecular weight is 288 g/mol. The minimum absolute atomic E-state index is 0.450. The van der Waals surface area contributed by atoms with Gasteiger partial charge in [0.05, 0.1) is 0 Å². The zero-order valence-electron chi connectivity index (χ0n) is 13.7. The molecule has 1 aromatic carbocycles. The first-order valence-electron chi connectivity index (χ1n) is 7.91. The first kappa shape index (κ1) is 15.7. The highest BCUT2D eigenvalue weighted by Crippen LogP contribution is 2.28. The summed E-state index contributed by atoms with van der Waals surface area (Å²) in [6, 6.07) is 9.17. The smallest absolute Gasteiger partial charge is 0.191 e. The largest absolute Gasteiger partial charge is 0.366 e. The molecule has 1 aromatic rings. The van der Waals surface area contributed by atoms with Gasteiger partial charge < -0.3 is 15.5 Å². The van der Waals surface area contributed by atoms with Gasteiger partial charge in [-0.05, 0) is 30.9 Å². The second-order valence-electron chi connectivity index (χ2n) is 6.15. The Bertz CT molecular complexity index is 481. The normalized spacial score (nSPS) is 16.0. The third kappa shape index (κ3) is 4.13. The van der Waals surface area contributed by atoms with Gasteiger partial charge >= 0.3 is 0 Å². The van der Waals surface area contributed by atoms with Crippen molar-refractivity contribution in [1.82, 2.24) is 10.6 Å². The Morgan fingerprint density at radius 1 is 1.19 bits per heavy atom. The molecule has 0 spiro atoms. The average Bonchev–Trinajstić information content (AvgIpc) is 2.91. The molecular formula is C17H28N4. The Kier molecular flexibility index (Phi) is 5.48. The SMILES string of the molecule is CN=C(NCC(C)C)NCC(C)N1CCc2ccccc21. The van der Waals surface area contributed by atoms with Crippen LogP contribution in [-0.4, -0.2) is 38.7 Å². The molecule has 0 aliphatic carbocycles. The quantitative estimate of drug-likeness (QED) is 0.645. The summed E-state index contributed by atoms with van der Waals surface area (Å²) in [5, 5.41) is 6.78. The maximum atomic E-state index is 4.28. The number of rotatable bonds is 5. The van der Waals surface area contributed by atoms with E-state index in [-0.39, 0.29) is 0 Å². The second-order valence-corrected chi connectivity index (χ2v) is 6.15. The fourth-order valence-electron chi connectivity index (χ4n) is 2.70. The van der Waals surface area contributed by atoms with Crippen molar-refractivity contribution in [2.45, 2.75) is 33.2 Å². The van der Waals surface area contributed by atoms with Gasteiger partial charge in [0, 0.05) is 38.4 Å². The van der Waals surface area contributed by atoms with E-state index in [4.69, 9.17) is 0 Å². The lowest BCUT2D eigenvalue weighted by atomic mass is 10.2. The van der Waals surface area contributed by atoms with Crippen molar-refractivity contribution in [2.75, 3.05) is 31.6 Å². The fraction of sp³-hybridized carbons (Fsp3) is 0.588. The number of benzene rings is 1. The summed E-state index contributed by atoms with van der Waals surface area (Å²) in [5.41, 5.74) is 2.85. The van der Waals surface area contributed by atoms with E-state index < -0.39 is 0 Å². The summed E-state index contributed by atoms with van der Waals surface area (Å²) in [5.74, 6) is 1.51. The minimum Gasteiger partial charge on any atom is -0.366 e. The molecule has 0 radical (unpaired) electrons. The topological polar surface area (TPSA) is 39.7 Å². The molecule has 1 aliphatic rings. The third-order valence-electron chi connectivity index (χ3n) is 3.92. The molecule has 4 nitrogen and oxygen atoms in total. The molecule has 0 amide bonds. The predicted octanol–water partition coefficient (Wildman–Crippen LogP) is 2.26. The van der Waals surface area contributed by atoms with Gasteiger partial charge in [-0.15, -0.1) is 0 Å². The lowest BCUT2D eigenvalue weighted by Crippen LogP contribution is -2.46. The molecular weight excluding hydrogens is 260 g/mol. The molecule has 1 unspecified atom stereocenters. The van der Waals surface area contributed by atoms with Gasteiger partial charge in [0.2, 0.25) is 0 Å². The summed E-state index contributed by atoms with van der Waals surface area (Å²) < 4.78 is 0. The van der Waals surface area contributed by atoms with Gasteiger partial charge in [0.25, 0.3) is 0 Å². The number of hydrogen-bond donors (Lipinski definition) is 2. The first-order valence-corrected chi connectivity index (χ1v) is 7.91. The predicted molar refractivity (Wildman–Crippen MR) is 91.2 cm³/mol. The Balaban J connectivity index is 1.86. The van der Waals surface area contributed by atoms with Crippen molar-refractivity contribution in [1.29, 1.82) is 0 Å². The number of fused-ring (bicyclic) bond motifs is 1. The standard InChI is InChI=1S/C17H28N4/c1-13(2)11-19-17(18-4)20-12-14(3)21-10-9-15-7-5-6-8-16(15)21/h5-8,13-14H,9-12H2,1-4H3,(H2,18,19,20). The van der Waals surface area contributed by atoms with E-state index in [1.807, 2.05) is 7.05 Å². The molecule has 0 aromatic heterocycles. The molecule has 2 N–H and O–H groups in total. The Labute approximate surface area is 128 Å². The zero-order chi connectivity index (χ0) is 15.2. The van der Waals surface area contributed by atoms with E-state index >= 15 is 0 Å². The number of nitrogens with zero attached hydrogens (tertiary/aromatic N) is 2. The van der Waals surface area contributed by atoms with Crippen molar-refractivity contribution in [3.63, 3.8) is 0 Å². The van der Waals surface area contributed by atoms with Gasteiger partial charge in [0.1, 0.15) is 0 Å². The van der Waals surface area contributed by atoms with E-state index in [1.165, 1.54) is 11.3 Å². The van der Waals surface area contributed by atoms with Crippen LogP contribution in [0.15, 0.2) is 29.3 Å². The third-order valence-corrected chi connectivity index (χ3v) is 3.92. The van der Waals surface area contributed by atoms with Gasteiger partial charge in [-0.2, -0.15) is 0 Å². The van der Waals surface area contributed by atoms with Crippen molar-refractivity contribution < 1.29 is 0 Å². The van der Waals surface area contributed by atoms with Crippen molar-refractivity contribution >= 4 is 11.6 Å². The van der Waals surface area contributed by atoms with Crippen LogP contribution in [0.2, 0.25) is 0 Å². The van der Waals surface area contributed by atoms with E-state index in [1.54, 1.807) is 0 Å². The molecule has 1 atom stereocenters. The summed E-state index contributed by atoms with van der Waals surface area (Å²) in [7, 11) is 1.82. The number of hydrogen-bond acceptors (Lipinski definition) is 2. The van der Waals surface area contributed by atoms with Crippen molar-refractivity contribution in [2.24, 2.45) is 10.9 Å². The molecule has 1 aliphatic heterocycles. The summed E-state index contributed by atoms with van der Waals surface area (Å²) in [4.78, 5) is 6.76. The molecule has 4 heteroatoms. The fourth-order valence-corrected chi connectivity index (χ4v) is 2.70. The Morgan fingerprint density at radius 3 is 2.62 bits per heavy atom. The lowest BCUT2D eigenvalue weighted by molar-refractivity contribution is 0.596. The molecule has 0 fully saturated rings. The second kappa shape index (κ2) is 7.34. The Morgan fingerprint density at radius 2 is 1.90 bits per heavy atom. The van der Waals surface area contributed by atoms with Crippen LogP contribution in [0.3, 0.4) is 0 Å². The molecule has 0 saturated heterocycles. The van der Waals surface area contributed by atoms with Crippen molar-refractivity contribution in [3.8, 4) is 0 Å². The monoisotopic (exact) mass is 288 g/mol. The number of aliphatic imine (C=N–C) groups is 1. The van der Waals surface area contributed by atoms with E-state index in [0.717, 1.165) is 32.0 Å². The highest BCUT2D eigenvalue weighted by Gasteiger charge is 2.22. The number of guanidine groups is 1. The van der Waals surface area contributed by atoms with Crippen LogP contribution < -0.4 is 15.5 Å². The molecule has 0 bridgehead atoms. The highest BCUT2D eigenvalue weighted by atomic mass is 15.2. The van der Waals surface area contributed by atoms with Crippen molar-refractivity contribution in [3.05, 3.63) is 29.8 Å². The molecule has 116 valence electrons. The minimum atomic E-state index is 0.450. The van der Waals surface area contributed by atoms with Crippen LogP contribution in [0.1, 0.15) is 26.3 Å². The van der Waals surface area contributed by atoms with Crippen LogP contribution in [0, 0.1) is 5.92 Å². The molecule has 21 heavy (non-hydrogen) atoms. The number of para-hydroxylation sites is 1. The summed E-state index contributed by atoms with van der Waals surface area (Å²) in [6.45, 7) is 9.62. The van der Waals surface area contributed by atoms with Crippen LogP contribution in [0.4, 0.5) is 5.69 Å². The van der Waals surface area contributed by atoms with E-state index in [2.05, 4.69) is 65.6 Å². The van der Waals surface area contributed by atoms with Gasteiger partial charge in [-0.1, -0.05) is 32.0 Å². The summed E-state index contributed by atoms with van der Waals surface area (Å²) >= 11 is 0. The first-order chi connectivity index (χ1) is 10.1. The van der Waals surface area contributed by atoms with Crippen LogP contribution in [0.25, 0.3) is 0 Å². The van der Waals surface area contributed by atoms with Crippen LogP contribution in [-0.2, 0) is 6.42 Å². The van der Waals surface area contributed by atoms with E-state index in [0.29, 0.717) is 12.0 Å². The number of anilines is 1. The maximum Gasteiger partial charge on any atom is 0.191 e. The van der Waals surface area contributed by atoms with Gasteiger partial charge in [-0.3, -0.25) is 4.99 Å². The van der Waals surface area contributed by atoms with Crippen LogP contribution >= 0.6 is 0 Å². The van der Waals surface area contributed by atoms with E-state index in [9.17, 15) is 0 Å². The zero-order valence-corrected chi connectivity index (χ0v) is 13.7. The lowest BCUT2D eigenvalue weighted by Gasteiger charge is -2.28. The maximum absolute atomic E-state index is 4.28. The van der Waals surface area contributed by atoms with Gasteiger partial charge in [0.15, 0.2) is 5.96 Å². The highest BCUT2D eigenvalue weighted by molar-refractivity contribution is 5.79. The number of nitrogens with one attached hydrogen (secondary N) is 2. The summed E-state index contributed by atoms with van der Waals surface area (Å²) in [6.07, 6.45) is 1.15. The Hall–Kier alpha value is -1.71. The molecule has 2 rings (SSSR count). The van der Waals surface area contributed by atoms with Gasteiger partial charge in [-0.25, -0.2) is 0 Å². The van der Waals surface area contributed by atoms with Crippen LogP contribution in [0.5, 0.6) is 0 Å².